The lowest BCUT2D eigenvalue weighted by Gasteiger charge is -1.93. The first-order chi connectivity index (χ1) is 13.6. The molecule has 0 radical (unpaired) electrons. The normalized spacial score (nSPS) is 12.9. The SMILES string of the molecule is O=[P+](OCCCCS)OCCCO[P+](=O)OCCCO[P+](=O)OCCCCS. The molecule has 0 spiro atoms. The van der Waals surface area contributed by atoms with Crippen molar-refractivity contribution < 1.29 is 40.8 Å². The van der Waals surface area contributed by atoms with Crippen LogP contribution in [0.5, 0.6) is 0 Å². The fraction of sp³-hybridized carbons (Fsp3) is 1.00. The maximum absolute atomic E-state index is 11.5. The van der Waals surface area contributed by atoms with Gasteiger partial charge in [0.15, 0.2) is 0 Å². The van der Waals surface area contributed by atoms with Gasteiger partial charge in [0.25, 0.3) is 0 Å². The quantitative estimate of drug-likeness (QED) is 0.117. The van der Waals surface area contributed by atoms with Crippen molar-refractivity contribution in [2.45, 2.75) is 38.5 Å². The van der Waals surface area contributed by atoms with Crippen LogP contribution in [0.4, 0.5) is 0 Å². The molecule has 0 aromatic rings. The minimum absolute atomic E-state index is 0.139. The van der Waals surface area contributed by atoms with Gasteiger partial charge in [0, 0.05) is 26.5 Å². The van der Waals surface area contributed by atoms with Gasteiger partial charge >= 0.3 is 24.8 Å². The van der Waals surface area contributed by atoms with Gasteiger partial charge in [0.2, 0.25) is 0 Å². The highest BCUT2D eigenvalue weighted by molar-refractivity contribution is 7.80. The van der Waals surface area contributed by atoms with Crippen LogP contribution in [0.25, 0.3) is 0 Å². The number of unbranched alkanes of at least 4 members (excludes halogenated alkanes) is 2. The summed E-state index contributed by atoms with van der Waals surface area (Å²) in [7, 11) is -6.54. The van der Waals surface area contributed by atoms with Crippen molar-refractivity contribution >= 4 is 50.0 Å². The van der Waals surface area contributed by atoms with E-state index in [-0.39, 0.29) is 26.4 Å². The molecule has 0 aliphatic rings. The smallest absolute Gasteiger partial charge is 0.179 e. The Bertz CT molecular complexity index is 397. The number of rotatable bonds is 22. The third-order valence-electron chi connectivity index (χ3n) is 2.86. The van der Waals surface area contributed by atoms with Crippen LogP contribution in [-0.2, 0) is 40.8 Å². The Morgan fingerprint density at radius 2 is 0.679 bits per heavy atom. The van der Waals surface area contributed by atoms with E-state index in [2.05, 4.69) is 25.3 Å². The molecular weight excluding hydrogens is 469 g/mol. The minimum atomic E-state index is -2.26. The zero-order valence-corrected chi connectivity index (χ0v) is 20.3. The molecule has 164 valence electrons. The van der Waals surface area contributed by atoms with Crippen LogP contribution in [0.2, 0.25) is 0 Å². The van der Waals surface area contributed by atoms with E-state index >= 15 is 0 Å². The molecule has 0 fully saturated rings. The molecule has 2 atom stereocenters. The third kappa shape index (κ3) is 21.5. The molecular formula is C14H30O9P3S2+3. The summed E-state index contributed by atoms with van der Waals surface area (Å²) >= 11 is 8.13. The van der Waals surface area contributed by atoms with Crippen LogP contribution < -0.4 is 0 Å². The van der Waals surface area contributed by atoms with Crippen molar-refractivity contribution in [1.82, 2.24) is 0 Å². The fourth-order valence-electron chi connectivity index (χ4n) is 1.49. The van der Waals surface area contributed by atoms with Crippen molar-refractivity contribution in [3.8, 4) is 0 Å². The molecule has 2 unspecified atom stereocenters. The van der Waals surface area contributed by atoms with E-state index < -0.39 is 24.8 Å². The molecule has 0 saturated carbocycles. The molecule has 0 aromatic heterocycles. The molecule has 28 heavy (non-hydrogen) atoms. The summed E-state index contributed by atoms with van der Waals surface area (Å²) in [6.45, 7) is 1.35. The highest BCUT2D eigenvalue weighted by atomic mass is 32.1. The Kier molecular flexibility index (Phi) is 23.1. The first kappa shape index (κ1) is 28.8. The predicted molar refractivity (Wildman–Crippen MR) is 114 cm³/mol. The lowest BCUT2D eigenvalue weighted by molar-refractivity contribution is 0.179. The lowest BCUT2D eigenvalue weighted by Crippen LogP contribution is -1.98. The number of thiol groups is 2. The van der Waals surface area contributed by atoms with Crippen LogP contribution in [0.3, 0.4) is 0 Å². The Morgan fingerprint density at radius 3 is 0.929 bits per heavy atom. The molecule has 0 aliphatic heterocycles. The second-order valence-electron chi connectivity index (χ2n) is 5.24. The van der Waals surface area contributed by atoms with Gasteiger partial charge in [-0.1, -0.05) is 0 Å². The van der Waals surface area contributed by atoms with Crippen molar-refractivity contribution in [2.75, 3.05) is 51.1 Å². The van der Waals surface area contributed by atoms with Gasteiger partial charge < -0.3 is 0 Å². The van der Waals surface area contributed by atoms with Crippen molar-refractivity contribution in [3.05, 3.63) is 0 Å². The maximum atomic E-state index is 11.5. The minimum Gasteiger partial charge on any atom is -0.179 e. The fourth-order valence-corrected chi connectivity index (χ4v) is 3.83. The standard InChI is InChI=1S/C14H28O9P3S2/c15-24(18-7-1-3-13-27)20-9-5-11-22-26(17)23-12-6-10-21-25(16)19-8-2-4-14-28/h1-14H2/q+1/p+2. The van der Waals surface area contributed by atoms with Gasteiger partial charge in [-0.25, -0.2) is 0 Å². The molecule has 14 heteroatoms. The van der Waals surface area contributed by atoms with E-state index in [4.69, 9.17) is 27.1 Å². The summed E-state index contributed by atoms with van der Waals surface area (Å²) < 4.78 is 64.1. The van der Waals surface area contributed by atoms with E-state index in [0.717, 1.165) is 37.2 Å². The average molecular weight is 499 g/mol. The predicted octanol–water partition coefficient (Wildman–Crippen LogP) is 5.26. The van der Waals surface area contributed by atoms with E-state index in [1.807, 2.05) is 0 Å². The van der Waals surface area contributed by atoms with Crippen molar-refractivity contribution in [1.29, 1.82) is 0 Å². The number of hydrogen-bond acceptors (Lipinski definition) is 11. The van der Waals surface area contributed by atoms with Crippen LogP contribution in [-0.4, -0.2) is 51.1 Å². The largest absolute Gasteiger partial charge is 0.697 e. The molecule has 0 N–H and O–H groups in total. The molecule has 0 rings (SSSR count). The summed E-state index contributed by atoms with van der Waals surface area (Å²) in [4.78, 5) is 0. The third-order valence-corrected chi connectivity index (χ3v) is 5.86. The Hall–Kier alpha value is 0.760. The second kappa shape index (κ2) is 22.4. The summed E-state index contributed by atoms with van der Waals surface area (Å²) in [6.07, 6.45) is 4.14. The van der Waals surface area contributed by atoms with Crippen LogP contribution >= 0.6 is 50.0 Å². The van der Waals surface area contributed by atoms with Gasteiger partial charge in [-0.15, -0.1) is 27.1 Å². The van der Waals surface area contributed by atoms with Crippen LogP contribution in [0.15, 0.2) is 0 Å². The molecule has 0 aromatic carbocycles. The van der Waals surface area contributed by atoms with E-state index in [0.29, 0.717) is 26.1 Å². The highest BCUT2D eigenvalue weighted by Crippen LogP contribution is 2.27. The lowest BCUT2D eigenvalue weighted by atomic mass is 10.4. The molecule has 0 saturated heterocycles. The van der Waals surface area contributed by atoms with Crippen LogP contribution in [0.1, 0.15) is 38.5 Å². The summed E-state index contributed by atoms with van der Waals surface area (Å²) in [5.41, 5.74) is 0. The van der Waals surface area contributed by atoms with Gasteiger partial charge in [-0.2, -0.15) is 25.3 Å². The van der Waals surface area contributed by atoms with E-state index in [1.54, 1.807) is 0 Å². The molecule has 0 heterocycles. The van der Waals surface area contributed by atoms with Gasteiger partial charge in [0.05, 0.1) is 0 Å². The van der Waals surface area contributed by atoms with Gasteiger partial charge in [0.1, 0.15) is 39.6 Å². The summed E-state index contributed by atoms with van der Waals surface area (Å²) in [5, 5.41) is 0. The van der Waals surface area contributed by atoms with Crippen LogP contribution in [0, 0.1) is 0 Å². The van der Waals surface area contributed by atoms with Crippen molar-refractivity contribution in [2.24, 2.45) is 0 Å². The summed E-state index contributed by atoms with van der Waals surface area (Å²) in [5.74, 6) is 1.52. The maximum Gasteiger partial charge on any atom is 0.697 e. The molecule has 0 bridgehead atoms. The van der Waals surface area contributed by atoms with E-state index in [9.17, 15) is 13.7 Å². The first-order valence-corrected chi connectivity index (χ1v) is 13.6. The molecule has 0 amide bonds. The Labute approximate surface area is 180 Å². The Balaban J connectivity index is 3.39. The Morgan fingerprint density at radius 1 is 0.429 bits per heavy atom. The summed E-state index contributed by atoms with van der Waals surface area (Å²) in [6, 6.07) is 0. The van der Waals surface area contributed by atoms with Gasteiger partial charge in [-0.3, -0.25) is 0 Å². The molecule has 0 aliphatic carbocycles. The number of hydrogen-bond donors (Lipinski definition) is 2. The van der Waals surface area contributed by atoms with Gasteiger partial charge in [-0.05, 0) is 37.2 Å². The highest BCUT2D eigenvalue weighted by Gasteiger charge is 2.23. The average Bonchev–Trinajstić information content (AvgIpc) is 2.68. The topological polar surface area (TPSA) is 107 Å². The monoisotopic (exact) mass is 499 g/mol. The zero-order valence-electron chi connectivity index (χ0n) is 15.8. The second-order valence-corrected chi connectivity index (χ2v) is 9.02. The zero-order chi connectivity index (χ0) is 20.9. The first-order valence-electron chi connectivity index (χ1n) is 9.01. The van der Waals surface area contributed by atoms with E-state index in [1.165, 1.54) is 0 Å². The van der Waals surface area contributed by atoms with Crippen molar-refractivity contribution in [3.63, 3.8) is 0 Å². The molecule has 9 nitrogen and oxygen atoms in total.